The number of hydrogen-bond acceptors (Lipinski definition) is 11. The van der Waals surface area contributed by atoms with E-state index in [1.54, 1.807) is 19.2 Å². The van der Waals surface area contributed by atoms with Crippen molar-refractivity contribution < 1.29 is 32.0 Å². The number of piperidine rings is 1. The van der Waals surface area contributed by atoms with Gasteiger partial charge in [0.2, 0.25) is 0 Å². The Morgan fingerprint density at radius 3 is 2.30 bits per heavy atom. The first kappa shape index (κ1) is 44.5. The molecule has 13 nitrogen and oxygen atoms in total. The second kappa shape index (κ2) is 18.6. The quantitative estimate of drug-likeness (QED) is 0.0937. The zero-order valence-electron chi connectivity index (χ0n) is 36.4. The van der Waals surface area contributed by atoms with Crippen LogP contribution in [-0.4, -0.2) is 100 Å². The number of piperazine rings is 1. The Labute approximate surface area is 370 Å². The molecule has 0 radical (unpaired) electrons. The number of sulfonamides is 1. The average molecular weight is 883 g/mol. The fourth-order valence-electron chi connectivity index (χ4n) is 10.1. The number of nitrogens with one attached hydrogen (secondary N) is 2. The van der Waals surface area contributed by atoms with E-state index in [1.165, 1.54) is 35.6 Å². The van der Waals surface area contributed by atoms with Crippen molar-refractivity contribution in [1.82, 2.24) is 14.5 Å². The predicted octanol–water partition coefficient (Wildman–Crippen LogP) is 8.08. The Kier molecular flexibility index (Phi) is 13.1. The molecule has 2 N–H and O–H groups in total. The van der Waals surface area contributed by atoms with E-state index in [9.17, 15) is 23.3 Å². The first-order valence-electron chi connectivity index (χ1n) is 22.1. The molecule has 0 bridgehead atoms. The topological polar surface area (TPSA) is 147 Å². The molecule has 1 atom stereocenters. The summed E-state index contributed by atoms with van der Waals surface area (Å²) >= 11 is 0. The summed E-state index contributed by atoms with van der Waals surface area (Å²) < 4.78 is 54.3. The van der Waals surface area contributed by atoms with Crippen molar-refractivity contribution in [2.24, 2.45) is 5.41 Å². The van der Waals surface area contributed by atoms with Crippen LogP contribution in [0.15, 0.2) is 95.9 Å². The summed E-state index contributed by atoms with van der Waals surface area (Å²) in [5.41, 5.74) is 3.43. The maximum Gasteiger partial charge on any atom is 0.293 e. The Balaban J connectivity index is 0.862. The van der Waals surface area contributed by atoms with Gasteiger partial charge in [-0.2, -0.15) is 0 Å². The predicted molar refractivity (Wildman–Crippen MR) is 242 cm³/mol. The first-order chi connectivity index (χ1) is 30.2. The fraction of sp³-hybridized carbons (Fsp3) is 0.479. The number of nitro benzene ring substituents is 1. The van der Waals surface area contributed by atoms with E-state index in [4.69, 9.17) is 9.47 Å². The van der Waals surface area contributed by atoms with E-state index >= 15 is 4.39 Å². The lowest BCUT2D eigenvalue weighted by atomic mass is 9.59. The number of carbonyl (C=O) groups is 1. The third-order valence-corrected chi connectivity index (χ3v) is 15.2. The number of rotatable bonds is 14. The zero-order chi connectivity index (χ0) is 44.4. The van der Waals surface area contributed by atoms with Crippen molar-refractivity contribution in [3.63, 3.8) is 0 Å². The lowest BCUT2D eigenvalue weighted by molar-refractivity contribution is -0.384. The van der Waals surface area contributed by atoms with Crippen molar-refractivity contribution in [2.45, 2.75) is 87.5 Å². The van der Waals surface area contributed by atoms with Gasteiger partial charge in [0.15, 0.2) is 0 Å². The maximum atomic E-state index is 15.1. The summed E-state index contributed by atoms with van der Waals surface area (Å²) in [6.45, 7) is 10.6. The first-order valence-corrected chi connectivity index (χ1v) is 23.6. The number of alkyl halides is 1. The smallest absolute Gasteiger partial charge is 0.293 e. The third-order valence-electron chi connectivity index (χ3n) is 13.9. The summed E-state index contributed by atoms with van der Waals surface area (Å²) in [6, 6.07) is 28.4. The number of amides is 1. The van der Waals surface area contributed by atoms with Gasteiger partial charge in [-0.05, 0) is 102 Å². The minimum Gasteiger partial charge on any atom is -0.497 e. The molecule has 1 saturated carbocycles. The SMILES string of the molecule is COc1ccc(CN2CCN(C3CC4(CCN(c5ccc(C(=O)NS(=O)(=O)c6ccc(NCC7(F)CCOCC7)c([N+](=O)[O-])c6)cc5)CC4)C3)C(c3ccccc3C(C)C)C2)cc1. The normalized spacial score (nSPS) is 20.6. The molecule has 8 rings (SSSR count). The van der Waals surface area contributed by atoms with Crippen LogP contribution >= 0.6 is 0 Å². The highest BCUT2D eigenvalue weighted by molar-refractivity contribution is 7.90. The van der Waals surface area contributed by atoms with Crippen molar-refractivity contribution in [2.75, 3.05) is 69.8 Å². The Morgan fingerprint density at radius 1 is 0.937 bits per heavy atom. The summed E-state index contributed by atoms with van der Waals surface area (Å²) in [5, 5.41) is 14.7. The van der Waals surface area contributed by atoms with Gasteiger partial charge in [-0.15, -0.1) is 0 Å². The van der Waals surface area contributed by atoms with Gasteiger partial charge in [0.05, 0.1) is 16.9 Å². The Hall–Kier alpha value is -5.09. The molecule has 1 aliphatic carbocycles. The van der Waals surface area contributed by atoms with Gasteiger partial charge in [0.25, 0.3) is 21.6 Å². The number of nitrogens with zero attached hydrogens (tertiary/aromatic N) is 4. The average Bonchev–Trinajstić information content (AvgIpc) is 3.28. The fourth-order valence-corrected chi connectivity index (χ4v) is 11.1. The third kappa shape index (κ3) is 10.0. The van der Waals surface area contributed by atoms with Gasteiger partial charge in [0, 0.05) is 101 Å². The van der Waals surface area contributed by atoms with E-state index in [1.807, 2.05) is 24.3 Å². The van der Waals surface area contributed by atoms with Gasteiger partial charge in [-0.25, -0.2) is 17.5 Å². The molecule has 63 heavy (non-hydrogen) atoms. The number of methoxy groups -OCH3 is 1. The van der Waals surface area contributed by atoms with Crippen LogP contribution in [0.2, 0.25) is 0 Å². The van der Waals surface area contributed by atoms with E-state index in [0.717, 1.165) is 75.7 Å². The monoisotopic (exact) mass is 882 g/mol. The summed E-state index contributed by atoms with van der Waals surface area (Å²) in [7, 11) is -2.77. The molecule has 1 amide bonds. The molecular formula is C48H59FN6O7S. The second-order valence-electron chi connectivity index (χ2n) is 18.2. The largest absolute Gasteiger partial charge is 0.497 e. The minimum atomic E-state index is -4.47. The van der Waals surface area contributed by atoms with Crippen LogP contribution in [0.3, 0.4) is 0 Å². The minimum absolute atomic E-state index is 0.0161. The number of ether oxygens (including phenoxy) is 2. The van der Waals surface area contributed by atoms with Crippen LogP contribution in [0.1, 0.15) is 91.4 Å². The summed E-state index contributed by atoms with van der Waals surface area (Å²) in [5.74, 6) is 0.464. The highest BCUT2D eigenvalue weighted by atomic mass is 32.2. The van der Waals surface area contributed by atoms with Gasteiger partial charge < -0.3 is 19.7 Å². The van der Waals surface area contributed by atoms with Crippen molar-refractivity contribution in [3.05, 3.63) is 123 Å². The van der Waals surface area contributed by atoms with E-state index in [0.29, 0.717) is 23.4 Å². The molecule has 4 fully saturated rings. The summed E-state index contributed by atoms with van der Waals surface area (Å²) in [6.07, 6.45) is 4.83. The summed E-state index contributed by atoms with van der Waals surface area (Å²) in [4.78, 5) is 31.6. The molecule has 3 aliphatic heterocycles. The Morgan fingerprint density at radius 2 is 1.63 bits per heavy atom. The number of benzene rings is 4. The number of halogens is 1. The van der Waals surface area contributed by atoms with Crippen molar-refractivity contribution >= 4 is 33.0 Å². The van der Waals surface area contributed by atoms with Crippen LogP contribution in [0.25, 0.3) is 0 Å². The lowest BCUT2D eigenvalue weighted by Gasteiger charge is -2.58. The number of hydrogen-bond donors (Lipinski definition) is 2. The number of nitro groups is 1. The molecule has 3 heterocycles. The molecule has 0 aromatic heterocycles. The molecule has 4 aromatic carbocycles. The molecule has 15 heteroatoms. The standard InChI is InChI=1S/C48H59FN6O7S/c1-34(2)41-6-4-5-7-42(41)45-32-52(31-35-8-14-39(61-3)15-9-35)24-25-54(45)38-29-47(30-38)18-22-53(23-19-47)37-12-10-36(11-13-37)46(56)51-63(59,60)40-16-17-43(44(28-40)55(57)58)50-33-48(49)20-26-62-27-21-48/h4-17,28,34,38,45,50H,18-27,29-33H2,1-3H3,(H,51,56). The van der Waals surface area contributed by atoms with Gasteiger partial charge in [-0.1, -0.05) is 50.2 Å². The van der Waals surface area contributed by atoms with Crippen LogP contribution in [-0.2, 0) is 21.3 Å². The molecule has 1 unspecified atom stereocenters. The van der Waals surface area contributed by atoms with E-state index in [2.05, 4.69) is 75.0 Å². The van der Waals surface area contributed by atoms with E-state index in [-0.39, 0.29) is 43.9 Å². The highest BCUT2D eigenvalue weighted by Crippen LogP contribution is 2.53. The van der Waals surface area contributed by atoms with Gasteiger partial charge >= 0.3 is 0 Å². The van der Waals surface area contributed by atoms with Crippen LogP contribution in [0.5, 0.6) is 5.75 Å². The highest BCUT2D eigenvalue weighted by Gasteiger charge is 2.50. The molecule has 3 saturated heterocycles. The van der Waals surface area contributed by atoms with Gasteiger partial charge in [-0.3, -0.25) is 24.7 Å². The van der Waals surface area contributed by atoms with Crippen LogP contribution in [0, 0.1) is 15.5 Å². The molecule has 4 aliphatic rings. The van der Waals surface area contributed by atoms with E-state index < -0.39 is 37.1 Å². The van der Waals surface area contributed by atoms with Gasteiger partial charge in [0.1, 0.15) is 17.1 Å². The van der Waals surface area contributed by atoms with Crippen molar-refractivity contribution in [3.8, 4) is 5.75 Å². The number of carbonyl (C=O) groups excluding carboxylic acids is 1. The zero-order valence-corrected chi connectivity index (χ0v) is 37.2. The lowest BCUT2D eigenvalue weighted by Crippen LogP contribution is -2.60. The molecule has 4 aromatic rings. The molecule has 336 valence electrons. The van der Waals surface area contributed by atoms with Crippen LogP contribution in [0.4, 0.5) is 21.5 Å². The Bertz CT molecular complexity index is 2360. The van der Waals surface area contributed by atoms with Crippen molar-refractivity contribution in [1.29, 1.82) is 0 Å². The second-order valence-corrected chi connectivity index (χ2v) is 19.9. The number of anilines is 2. The maximum absolute atomic E-state index is 15.1. The molecule has 1 spiro atoms. The van der Waals surface area contributed by atoms with Crippen LogP contribution < -0.4 is 19.7 Å². The molecular weight excluding hydrogens is 824 g/mol.